The van der Waals surface area contributed by atoms with Crippen molar-refractivity contribution < 1.29 is 19.4 Å². The Morgan fingerprint density at radius 2 is 1.82 bits per heavy atom. The summed E-state index contributed by atoms with van der Waals surface area (Å²) in [6.07, 6.45) is 4.43. The largest absolute Gasteiger partial charge is 0.497 e. The van der Waals surface area contributed by atoms with E-state index in [9.17, 15) is 15.2 Å². The smallest absolute Gasteiger partial charge is 0.303 e. The summed E-state index contributed by atoms with van der Waals surface area (Å²) in [5.41, 5.74) is 4.97. The number of carbonyl (C=O) groups is 1. The van der Waals surface area contributed by atoms with E-state index in [2.05, 4.69) is 23.1 Å². The van der Waals surface area contributed by atoms with Crippen molar-refractivity contribution in [3.05, 3.63) is 77.9 Å². The van der Waals surface area contributed by atoms with E-state index in [1.165, 1.54) is 0 Å². The molecule has 2 aliphatic rings. The third kappa shape index (κ3) is 6.11. The van der Waals surface area contributed by atoms with Gasteiger partial charge in [0.2, 0.25) is 0 Å². The van der Waals surface area contributed by atoms with Gasteiger partial charge in [-0.1, -0.05) is 24.3 Å². The van der Waals surface area contributed by atoms with Crippen LogP contribution in [0.15, 0.2) is 66.7 Å². The maximum Gasteiger partial charge on any atom is 0.303 e. The average Bonchev–Trinajstić information content (AvgIpc) is 3.80. The fourth-order valence-corrected chi connectivity index (χ4v) is 5.53. The first-order valence-electron chi connectivity index (χ1n) is 13.4. The number of ether oxygens (including phenoxy) is 2. The van der Waals surface area contributed by atoms with Crippen molar-refractivity contribution in [2.75, 3.05) is 31.7 Å². The normalized spacial score (nSPS) is 16.5. The van der Waals surface area contributed by atoms with E-state index in [1.807, 2.05) is 54.6 Å². The highest BCUT2D eigenvalue weighted by Gasteiger charge is 2.34. The molecule has 1 aliphatic heterocycles. The van der Waals surface area contributed by atoms with E-state index in [1.54, 1.807) is 7.11 Å². The molecule has 1 atom stereocenters. The van der Waals surface area contributed by atoms with Crippen LogP contribution in [0, 0.1) is 23.2 Å². The molecule has 6 nitrogen and oxygen atoms in total. The number of hydrogen-bond acceptors (Lipinski definition) is 5. The molecule has 0 amide bonds. The molecule has 0 spiro atoms. The highest BCUT2D eigenvalue weighted by atomic mass is 16.5. The highest BCUT2D eigenvalue weighted by Crippen LogP contribution is 2.45. The zero-order valence-electron chi connectivity index (χ0n) is 21.8. The number of methoxy groups -OCH3 is 1. The van der Waals surface area contributed by atoms with Crippen LogP contribution in [-0.4, -0.2) is 37.9 Å². The molecule has 1 saturated heterocycles. The van der Waals surface area contributed by atoms with Gasteiger partial charge >= 0.3 is 5.97 Å². The number of carboxylic acids is 1. The van der Waals surface area contributed by atoms with Crippen LogP contribution in [0.5, 0.6) is 11.5 Å². The molecule has 0 bridgehead atoms. The average molecular weight is 511 g/mol. The Morgan fingerprint density at radius 3 is 2.53 bits per heavy atom. The molecule has 5 rings (SSSR count). The molecule has 196 valence electrons. The molecular formula is C32H34N2O4. The van der Waals surface area contributed by atoms with Crippen molar-refractivity contribution in [3.63, 3.8) is 0 Å². The molecule has 3 aromatic carbocycles. The lowest BCUT2D eigenvalue weighted by atomic mass is 9.91. The standard InChI is InChI=1S/C32H34N2O4/c1-37-27-10-11-29(25-5-2-4-23(16-25)20-33)31(18-27)34-14-12-22(13-15-34)21-38-28-7-3-6-26(17-28)30(19-32(35)36)24-8-9-24/h2-7,10-11,16-18,22,24,30H,8-9,12-15,19,21H2,1H3,(H,35,36)/t30-/m0/s1. The van der Waals surface area contributed by atoms with Gasteiger partial charge in [0.1, 0.15) is 11.5 Å². The van der Waals surface area contributed by atoms with Crippen LogP contribution in [-0.2, 0) is 4.79 Å². The Balaban J connectivity index is 1.23. The lowest BCUT2D eigenvalue weighted by Gasteiger charge is -2.35. The second-order valence-corrected chi connectivity index (χ2v) is 10.4. The number of nitrogens with zero attached hydrogens (tertiary/aromatic N) is 2. The summed E-state index contributed by atoms with van der Waals surface area (Å²) in [4.78, 5) is 13.8. The summed E-state index contributed by atoms with van der Waals surface area (Å²) in [6.45, 7) is 2.47. The first-order chi connectivity index (χ1) is 18.5. The summed E-state index contributed by atoms with van der Waals surface area (Å²) in [5, 5.41) is 18.7. The SMILES string of the molecule is COc1ccc(-c2cccc(C#N)c2)c(N2CCC(COc3cccc([C@@H](CC(=O)O)C4CC4)c3)CC2)c1. The summed E-state index contributed by atoms with van der Waals surface area (Å²) in [5.74, 6) is 1.91. The molecule has 3 aromatic rings. The van der Waals surface area contributed by atoms with E-state index < -0.39 is 5.97 Å². The van der Waals surface area contributed by atoms with Crippen LogP contribution < -0.4 is 14.4 Å². The monoisotopic (exact) mass is 510 g/mol. The van der Waals surface area contributed by atoms with Gasteiger partial charge in [-0.3, -0.25) is 4.79 Å². The van der Waals surface area contributed by atoms with Crippen LogP contribution in [0.1, 0.15) is 49.1 Å². The second-order valence-electron chi connectivity index (χ2n) is 10.4. The number of nitriles is 1. The lowest BCUT2D eigenvalue weighted by Crippen LogP contribution is -2.35. The number of benzene rings is 3. The summed E-state index contributed by atoms with van der Waals surface area (Å²) in [6, 6.07) is 24.1. The van der Waals surface area contributed by atoms with Gasteiger partial charge in [-0.25, -0.2) is 0 Å². The number of piperidine rings is 1. The zero-order valence-corrected chi connectivity index (χ0v) is 21.8. The molecule has 1 heterocycles. The second kappa shape index (κ2) is 11.6. The quantitative estimate of drug-likeness (QED) is 0.335. The first-order valence-corrected chi connectivity index (χ1v) is 13.4. The minimum Gasteiger partial charge on any atom is -0.497 e. The van der Waals surface area contributed by atoms with Gasteiger partial charge in [0.05, 0.1) is 31.8 Å². The minimum absolute atomic E-state index is 0.0743. The predicted molar refractivity (Wildman–Crippen MR) is 148 cm³/mol. The zero-order chi connectivity index (χ0) is 26.5. The van der Waals surface area contributed by atoms with Gasteiger partial charge in [0.15, 0.2) is 0 Å². The number of rotatable bonds is 10. The summed E-state index contributed by atoms with van der Waals surface area (Å²) in [7, 11) is 1.68. The molecule has 1 aliphatic carbocycles. The number of aliphatic carboxylic acids is 1. The molecule has 0 unspecified atom stereocenters. The van der Waals surface area contributed by atoms with Crippen molar-refractivity contribution in [2.45, 2.75) is 38.0 Å². The van der Waals surface area contributed by atoms with Crippen LogP contribution in [0.3, 0.4) is 0 Å². The van der Waals surface area contributed by atoms with Gasteiger partial charge in [0.25, 0.3) is 0 Å². The number of carboxylic acid groups (broad SMARTS) is 1. The van der Waals surface area contributed by atoms with Crippen LogP contribution in [0.2, 0.25) is 0 Å². The maximum atomic E-state index is 11.4. The molecule has 0 aromatic heterocycles. The van der Waals surface area contributed by atoms with Crippen LogP contribution >= 0.6 is 0 Å². The molecule has 6 heteroatoms. The first kappa shape index (κ1) is 25.7. The molecule has 38 heavy (non-hydrogen) atoms. The van der Waals surface area contributed by atoms with Gasteiger partial charge in [-0.2, -0.15) is 5.26 Å². The number of anilines is 1. The fourth-order valence-electron chi connectivity index (χ4n) is 5.53. The topological polar surface area (TPSA) is 82.8 Å². The lowest BCUT2D eigenvalue weighted by molar-refractivity contribution is -0.137. The Hall–Kier alpha value is -3.98. The van der Waals surface area contributed by atoms with Gasteiger partial charge in [-0.05, 0) is 91.0 Å². The fraction of sp³-hybridized carbons (Fsp3) is 0.375. The molecule has 2 fully saturated rings. The maximum absolute atomic E-state index is 11.4. The van der Waals surface area contributed by atoms with E-state index in [0.717, 1.165) is 72.6 Å². The van der Waals surface area contributed by atoms with Gasteiger partial charge < -0.3 is 19.5 Å². The van der Waals surface area contributed by atoms with Gasteiger partial charge in [0, 0.05) is 30.4 Å². The minimum atomic E-state index is -0.739. The van der Waals surface area contributed by atoms with Crippen molar-refractivity contribution in [2.24, 2.45) is 11.8 Å². The molecule has 0 radical (unpaired) electrons. The van der Waals surface area contributed by atoms with Crippen molar-refractivity contribution in [1.29, 1.82) is 5.26 Å². The summed E-state index contributed by atoms with van der Waals surface area (Å²) >= 11 is 0. The Labute approximate surface area is 224 Å². The van der Waals surface area contributed by atoms with Gasteiger partial charge in [-0.15, -0.1) is 0 Å². The van der Waals surface area contributed by atoms with Crippen molar-refractivity contribution in [1.82, 2.24) is 0 Å². The van der Waals surface area contributed by atoms with Crippen molar-refractivity contribution >= 4 is 11.7 Å². The summed E-state index contributed by atoms with van der Waals surface area (Å²) < 4.78 is 11.7. The van der Waals surface area contributed by atoms with E-state index in [-0.39, 0.29) is 12.3 Å². The molecular weight excluding hydrogens is 476 g/mol. The highest BCUT2D eigenvalue weighted by molar-refractivity contribution is 5.80. The third-order valence-electron chi connectivity index (χ3n) is 7.82. The van der Waals surface area contributed by atoms with E-state index in [4.69, 9.17) is 9.47 Å². The Bertz CT molecular complexity index is 1320. The van der Waals surface area contributed by atoms with E-state index in [0.29, 0.717) is 24.0 Å². The van der Waals surface area contributed by atoms with Crippen LogP contribution in [0.25, 0.3) is 11.1 Å². The van der Waals surface area contributed by atoms with Crippen LogP contribution in [0.4, 0.5) is 5.69 Å². The molecule has 1 N–H and O–H groups in total. The van der Waals surface area contributed by atoms with E-state index >= 15 is 0 Å². The number of hydrogen-bond donors (Lipinski definition) is 1. The van der Waals surface area contributed by atoms with Crippen molar-refractivity contribution in [3.8, 4) is 28.7 Å². The third-order valence-corrected chi connectivity index (χ3v) is 7.82. The predicted octanol–water partition coefficient (Wildman–Crippen LogP) is 6.50. The molecule has 1 saturated carbocycles. The Kier molecular flexibility index (Phi) is 7.83. The Morgan fingerprint density at radius 1 is 1.03 bits per heavy atom.